The number of aryl methyl sites for hydroxylation is 1. The average molecular weight is 246 g/mol. The number of hydrogen-bond donors (Lipinski definition) is 1. The summed E-state index contributed by atoms with van der Waals surface area (Å²) in [7, 11) is 1.98. The first kappa shape index (κ1) is 12.4. The SMILES string of the molecule is CCNc1nccc(N(C)Cc2ccc(C)o2)n1. The fourth-order valence-electron chi connectivity index (χ4n) is 1.69. The first-order valence-electron chi connectivity index (χ1n) is 6.02. The highest BCUT2D eigenvalue weighted by Gasteiger charge is 2.07. The summed E-state index contributed by atoms with van der Waals surface area (Å²) in [6.07, 6.45) is 1.75. The van der Waals surface area contributed by atoms with E-state index >= 15 is 0 Å². The van der Waals surface area contributed by atoms with E-state index in [4.69, 9.17) is 4.42 Å². The minimum Gasteiger partial charge on any atom is -0.464 e. The summed E-state index contributed by atoms with van der Waals surface area (Å²) < 4.78 is 5.55. The molecule has 0 saturated carbocycles. The zero-order chi connectivity index (χ0) is 13.0. The molecule has 0 spiro atoms. The van der Waals surface area contributed by atoms with Crippen LogP contribution in [0.3, 0.4) is 0 Å². The Bertz CT molecular complexity index is 509. The summed E-state index contributed by atoms with van der Waals surface area (Å²) in [6, 6.07) is 5.84. The molecule has 0 amide bonds. The summed E-state index contributed by atoms with van der Waals surface area (Å²) in [5.41, 5.74) is 0. The molecule has 0 aliphatic rings. The molecule has 0 saturated heterocycles. The summed E-state index contributed by atoms with van der Waals surface area (Å²) in [5, 5.41) is 3.10. The third kappa shape index (κ3) is 3.00. The zero-order valence-corrected chi connectivity index (χ0v) is 11.0. The van der Waals surface area contributed by atoms with Crippen molar-refractivity contribution >= 4 is 11.8 Å². The lowest BCUT2D eigenvalue weighted by molar-refractivity contribution is 0.481. The summed E-state index contributed by atoms with van der Waals surface area (Å²) in [6.45, 7) is 5.46. The molecule has 0 atom stereocenters. The van der Waals surface area contributed by atoms with Gasteiger partial charge in [-0.1, -0.05) is 0 Å². The zero-order valence-electron chi connectivity index (χ0n) is 11.0. The van der Waals surface area contributed by atoms with Gasteiger partial charge in [0.25, 0.3) is 0 Å². The van der Waals surface area contributed by atoms with Gasteiger partial charge in [-0.15, -0.1) is 0 Å². The number of rotatable bonds is 5. The van der Waals surface area contributed by atoms with Gasteiger partial charge in [0.05, 0.1) is 6.54 Å². The minimum atomic E-state index is 0.650. The highest BCUT2D eigenvalue weighted by atomic mass is 16.3. The molecule has 0 unspecified atom stereocenters. The van der Waals surface area contributed by atoms with Crippen LogP contribution in [0.2, 0.25) is 0 Å². The van der Waals surface area contributed by atoms with Crippen LogP contribution >= 0.6 is 0 Å². The number of furan rings is 1. The van der Waals surface area contributed by atoms with Crippen molar-refractivity contribution in [2.45, 2.75) is 20.4 Å². The van der Waals surface area contributed by atoms with E-state index in [-0.39, 0.29) is 0 Å². The van der Waals surface area contributed by atoms with Crippen LogP contribution in [-0.4, -0.2) is 23.6 Å². The van der Waals surface area contributed by atoms with Crippen molar-refractivity contribution in [3.8, 4) is 0 Å². The quantitative estimate of drug-likeness (QED) is 0.878. The molecule has 96 valence electrons. The molecule has 0 aliphatic carbocycles. The lowest BCUT2D eigenvalue weighted by atomic mass is 10.4. The molecular weight excluding hydrogens is 228 g/mol. The number of aromatic nitrogens is 2. The molecule has 2 rings (SSSR count). The highest BCUT2D eigenvalue weighted by Crippen LogP contribution is 2.15. The Hall–Kier alpha value is -2.04. The van der Waals surface area contributed by atoms with Gasteiger partial charge in [-0.05, 0) is 32.0 Å². The first-order valence-corrected chi connectivity index (χ1v) is 6.02. The maximum absolute atomic E-state index is 5.55. The molecule has 2 heterocycles. The van der Waals surface area contributed by atoms with E-state index < -0.39 is 0 Å². The molecule has 0 fully saturated rings. The van der Waals surface area contributed by atoms with Gasteiger partial charge < -0.3 is 14.6 Å². The number of anilines is 2. The molecule has 0 aromatic carbocycles. The van der Waals surface area contributed by atoms with Crippen LogP contribution in [0.15, 0.2) is 28.8 Å². The number of nitrogens with zero attached hydrogens (tertiary/aromatic N) is 3. The standard InChI is InChI=1S/C13H18N4O/c1-4-14-13-15-8-7-12(16-13)17(3)9-11-6-5-10(2)18-11/h5-8H,4,9H2,1-3H3,(H,14,15,16). The van der Waals surface area contributed by atoms with E-state index in [0.29, 0.717) is 12.5 Å². The van der Waals surface area contributed by atoms with Crippen molar-refractivity contribution in [1.82, 2.24) is 9.97 Å². The van der Waals surface area contributed by atoms with Gasteiger partial charge in [0.15, 0.2) is 0 Å². The Morgan fingerprint density at radius 2 is 2.17 bits per heavy atom. The van der Waals surface area contributed by atoms with Crippen molar-refractivity contribution in [2.75, 3.05) is 23.8 Å². The smallest absolute Gasteiger partial charge is 0.224 e. The second-order valence-corrected chi connectivity index (χ2v) is 4.14. The van der Waals surface area contributed by atoms with E-state index in [2.05, 4.69) is 15.3 Å². The van der Waals surface area contributed by atoms with Crippen LogP contribution in [0.4, 0.5) is 11.8 Å². The Labute approximate surface area is 107 Å². The fourth-order valence-corrected chi connectivity index (χ4v) is 1.69. The third-order valence-electron chi connectivity index (χ3n) is 2.56. The molecule has 1 N–H and O–H groups in total. The first-order chi connectivity index (χ1) is 8.69. The Morgan fingerprint density at radius 1 is 1.33 bits per heavy atom. The van der Waals surface area contributed by atoms with Gasteiger partial charge in [-0.25, -0.2) is 4.98 Å². The molecular formula is C13H18N4O. The predicted octanol–water partition coefficient (Wildman–Crippen LogP) is 2.45. The van der Waals surface area contributed by atoms with Crippen molar-refractivity contribution in [1.29, 1.82) is 0 Å². The van der Waals surface area contributed by atoms with Crippen LogP contribution in [0.1, 0.15) is 18.4 Å². The van der Waals surface area contributed by atoms with Crippen molar-refractivity contribution in [3.63, 3.8) is 0 Å². The van der Waals surface area contributed by atoms with Crippen molar-refractivity contribution in [2.24, 2.45) is 0 Å². The lowest BCUT2D eigenvalue weighted by Crippen LogP contribution is -2.18. The maximum atomic E-state index is 5.55. The van der Waals surface area contributed by atoms with Gasteiger partial charge in [0.2, 0.25) is 5.95 Å². The lowest BCUT2D eigenvalue weighted by Gasteiger charge is -2.17. The molecule has 5 nitrogen and oxygen atoms in total. The molecule has 5 heteroatoms. The minimum absolute atomic E-state index is 0.650. The average Bonchev–Trinajstić information content (AvgIpc) is 2.75. The molecule has 0 radical (unpaired) electrons. The van der Waals surface area contributed by atoms with E-state index in [1.165, 1.54) is 0 Å². The Balaban J connectivity index is 2.08. The predicted molar refractivity (Wildman–Crippen MR) is 71.7 cm³/mol. The van der Waals surface area contributed by atoms with Crippen molar-refractivity contribution in [3.05, 3.63) is 35.9 Å². The van der Waals surface area contributed by atoms with Gasteiger partial charge in [0, 0.05) is 19.8 Å². The number of hydrogen-bond acceptors (Lipinski definition) is 5. The van der Waals surface area contributed by atoms with Crippen LogP contribution in [0.25, 0.3) is 0 Å². The Morgan fingerprint density at radius 3 is 2.83 bits per heavy atom. The van der Waals surface area contributed by atoms with Crippen LogP contribution in [0.5, 0.6) is 0 Å². The van der Waals surface area contributed by atoms with Crippen LogP contribution < -0.4 is 10.2 Å². The molecule has 2 aromatic heterocycles. The molecule has 0 bridgehead atoms. The second kappa shape index (κ2) is 5.53. The fraction of sp³-hybridized carbons (Fsp3) is 0.385. The number of nitrogens with one attached hydrogen (secondary N) is 1. The maximum Gasteiger partial charge on any atom is 0.224 e. The third-order valence-corrected chi connectivity index (χ3v) is 2.56. The molecule has 0 aliphatic heterocycles. The van der Waals surface area contributed by atoms with E-state index in [9.17, 15) is 0 Å². The van der Waals surface area contributed by atoms with Crippen molar-refractivity contribution < 1.29 is 4.42 Å². The van der Waals surface area contributed by atoms with Gasteiger partial charge in [-0.2, -0.15) is 4.98 Å². The normalized spacial score (nSPS) is 10.4. The topological polar surface area (TPSA) is 54.2 Å². The summed E-state index contributed by atoms with van der Waals surface area (Å²) in [5.74, 6) is 3.38. The monoisotopic (exact) mass is 246 g/mol. The van der Waals surface area contributed by atoms with Crippen LogP contribution in [0, 0.1) is 6.92 Å². The van der Waals surface area contributed by atoms with E-state index in [1.54, 1.807) is 6.20 Å². The highest BCUT2D eigenvalue weighted by molar-refractivity contribution is 5.41. The second-order valence-electron chi connectivity index (χ2n) is 4.14. The van der Waals surface area contributed by atoms with E-state index in [0.717, 1.165) is 23.9 Å². The summed E-state index contributed by atoms with van der Waals surface area (Å²) >= 11 is 0. The van der Waals surface area contributed by atoms with Gasteiger partial charge >= 0.3 is 0 Å². The van der Waals surface area contributed by atoms with Gasteiger partial charge in [0.1, 0.15) is 17.3 Å². The molecule has 18 heavy (non-hydrogen) atoms. The Kier molecular flexibility index (Phi) is 3.82. The molecule has 2 aromatic rings. The van der Waals surface area contributed by atoms with E-state index in [1.807, 2.05) is 44.0 Å². The van der Waals surface area contributed by atoms with Crippen LogP contribution in [-0.2, 0) is 6.54 Å². The largest absolute Gasteiger partial charge is 0.464 e. The summed E-state index contributed by atoms with van der Waals surface area (Å²) in [4.78, 5) is 10.6. The van der Waals surface area contributed by atoms with Gasteiger partial charge in [-0.3, -0.25) is 0 Å².